The molecule has 6 nitrogen and oxygen atoms in total. The zero-order chi connectivity index (χ0) is 30.5. The van der Waals surface area contributed by atoms with E-state index in [0.29, 0.717) is 18.3 Å². The number of fused-ring (bicyclic) bond motifs is 7. The number of rotatable bonds is 4. The molecule has 42 heavy (non-hydrogen) atoms. The van der Waals surface area contributed by atoms with Crippen LogP contribution in [0.2, 0.25) is 0 Å². The molecule has 0 aromatic carbocycles. The standard InChI is InChI=1S/C36H55NO5/c1-21(2)29-25(39)20-36(37-31(40)42-23-10-9-11-23)19-18-34(7)24(30(29)36)12-13-27-33(6)16-15-28(41-22(3)38)32(4,5)26(33)14-17-35(27,34)8/h21,23-24,26-28H,9-20H2,1-8H3,(H,37,40)/t24?,26?,27?,28-,33-,34+,35+,36+/m0/s1. The smallest absolute Gasteiger partial charge is 0.408 e. The molecule has 0 radical (unpaired) electrons. The highest BCUT2D eigenvalue weighted by Gasteiger charge is 2.70. The summed E-state index contributed by atoms with van der Waals surface area (Å²) in [7, 11) is 0. The van der Waals surface area contributed by atoms with Gasteiger partial charge in [0.05, 0.1) is 5.54 Å². The summed E-state index contributed by atoms with van der Waals surface area (Å²) in [5.74, 6) is 1.56. The second kappa shape index (κ2) is 9.83. The highest BCUT2D eigenvalue weighted by molar-refractivity contribution is 6.02. The van der Waals surface area contributed by atoms with Crippen molar-refractivity contribution in [2.45, 2.75) is 150 Å². The predicted octanol–water partition coefficient (Wildman–Crippen LogP) is 7.93. The number of amides is 1. The number of ketones is 1. The largest absolute Gasteiger partial charge is 0.462 e. The third kappa shape index (κ3) is 4.11. The number of alkyl carbamates (subject to hydrolysis) is 1. The number of nitrogens with one attached hydrogen (secondary N) is 1. The van der Waals surface area contributed by atoms with Crippen LogP contribution >= 0.6 is 0 Å². The fourth-order valence-electron chi connectivity index (χ4n) is 12.0. The molecular formula is C36H55NO5. The first kappa shape index (κ1) is 30.2. The molecule has 0 aromatic rings. The zero-order valence-corrected chi connectivity index (χ0v) is 27.5. The third-order valence-electron chi connectivity index (χ3n) is 14.3. The number of allylic oxidation sites excluding steroid dienone is 1. The van der Waals surface area contributed by atoms with Crippen LogP contribution in [0.3, 0.4) is 0 Å². The lowest BCUT2D eigenvalue weighted by atomic mass is 9.33. The molecule has 234 valence electrons. The molecule has 1 amide bonds. The summed E-state index contributed by atoms with van der Waals surface area (Å²) in [5.41, 5.74) is 1.94. The summed E-state index contributed by atoms with van der Waals surface area (Å²) in [6, 6.07) is 0. The molecule has 1 N–H and O–H groups in total. The van der Waals surface area contributed by atoms with Crippen molar-refractivity contribution in [3.05, 3.63) is 11.1 Å². The van der Waals surface area contributed by atoms with Crippen LogP contribution in [0.25, 0.3) is 0 Å². The minimum absolute atomic E-state index is 0.0197. The van der Waals surface area contributed by atoms with Crippen molar-refractivity contribution >= 4 is 17.8 Å². The fourth-order valence-corrected chi connectivity index (χ4v) is 12.0. The lowest BCUT2D eigenvalue weighted by Gasteiger charge is -2.72. The van der Waals surface area contributed by atoms with Crippen molar-refractivity contribution in [3.8, 4) is 0 Å². The van der Waals surface area contributed by atoms with Gasteiger partial charge in [-0.15, -0.1) is 0 Å². The van der Waals surface area contributed by atoms with Crippen LogP contribution < -0.4 is 5.32 Å². The average molecular weight is 582 g/mol. The van der Waals surface area contributed by atoms with Gasteiger partial charge in [0.1, 0.15) is 12.2 Å². The predicted molar refractivity (Wildman–Crippen MR) is 163 cm³/mol. The zero-order valence-electron chi connectivity index (χ0n) is 27.5. The van der Waals surface area contributed by atoms with Gasteiger partial charge in [-0.25, -0.2) is 4.79 Å². The highest BCUT2D eigenvalue weighted by atomic mass is 16.6. The van der Waals surface area contributed by atoms with Crippen molar-refractivity contribution in [1.29, 1.82) is 0 Å². The Hall–Kier alpha value is -1.85. The first-order valence-corrected chi connectivity index (χ1v) is 17.0. The average Bonchev–Trinajstić information content (AvgIpc) is 3.15. The van der Waals surface area contributed by atoms with Crippen LogP contribution in [-0.2, 0) is 19.1 Å². The Morgan fingerprint density at radius 3 is 2.17 bits per heavy atom. The van der Waals surface area contributed by atoms with Gasteiger partial charge in [0.15, 0.2) is 5.78 Å². The summed E-state index contributed by atoms with van der Waals surface area (Å²) in [4.78, 5) is 38.9. The monoisotopic (exact) mass is 581 g/mol. The van der Waals surface area contributed by atoms with E-state index in [1.165, 1.54) is 5.57 Å². The van der Waals surface area contributed by atoms with E-state index in [1.54, 1.807) is 6.92 Å². The topological polar surface area (TPSA) is 81.7 Å². The molecule has 0 bridgehead atoms. The second-order valence-electron chi connectivity index (χ2n) is 16.8. The van der Waals surface area contributed by atoms with Gasteiger partial charge in [0.25, 0.3) is 0 Å². The molecule has 0 aromatic heterocycles. The van der Waals surface area contributed by atoms with Crippen LogP contribution in [0.5, 0.6) is 0 Å². The number of Topliss-reactive ketones (excluding diaryl/α,β-unsaturated/α-hetero) is 1. The lowest BCUT2D eigenvalue weighted by Crippen LogP contribution is -2.67. The van der Waals surface area contributed by atoms with E-state index < -0.39 is 5.54 Å². The molecule has 6 rings (SSSR count). The molecule has 6 heteroatoms. The minimum atomic E-state index is -0.601. The van der Waals surface area contributed by atoms with Gasteiger partial charge in [-0.2, -0.15) is 0 Å². The number of esters is 1. The second-order valence-corrected chi connectivity index (χ2v) is 16.8. The van der Waals surface area contributed by atoms with Gasteiger partial charge < -0.3 is 14.8 Å². The first-order chi connectivity index (χ1) is 19.6. The minimum Gasteiger partial charge on any atom is -0.462 e. The van der Waals surface area contributed by atoms with Crippen LogP contribution in [0.4, 0.5) is 4.79 Å². The van der Waals surface area contributed by atoms with Gasteiger partial charge in [-0.1, -0.05) is 48.5 Å². The van der Waals surface area contributed by atoms with Gasteiger partial charge in [0, 0.05) is 18.8 Å². The number of hydrogen-bond acceptors (Lipinski definition) is 5. The molecule has 5 fully saturated rings. The SMILES string of the molecule is CC(=O)O[C@H]1CC[C@@]2(C)C(CC[C@]3(C)C2CCC2C4=C(C(C)C)C(=O)C[C@]4(NC(=O)OC4CCC4)CC[C@]23C)C1(C)C. The van der Waals surface area contributed by atoms with E-state index >= 15 is 0 Å². The Kier molecular flexibility index (Phi) is 7.06. The first-order valence-electron chi connectivity index (χ1n) is 17.0. The van der Waals surface area contributed by atoms with Gasteiger partial charge in [-0.3, -0.25) is 9.59 Å². The summed E-state index contributed by atoms with van der Waals surface area (Å²) >= 11 is 0. The molecule has 0 spiro atoms. The van der Waals surface area contributed by atoms with E-state index in [2.05, 4.69) is 53.8 Å². The summed E-state index contributed by atoms with van der Waals surface area (Å²) in [6.07, 6.45) is 11.4. The van der Waals surface area contributed by atoms with Crippen molar-refractivity contribution in [2.24, 2.45) is 45.3 Å². The fraction of sp³-hybridized carbons (Fsp3) is 0.861. The number of carbonyl (C=O) groups is 3. The maximum Gasteiger partial charge on any atom is 0.408 e. The number of hydrogen-bond donors (Lipinski definition) is 1. The van der Waals surface area contributed by atoms with Crippen LogP contribution in [0.1, 0.15) is 132 Å². The van der Waals surface area contributed by atoms with Gasteiger partial charge >= 0.3 is 12.1 Å². The van der Waals surface area contributed by atoms with Crippen LogP contribution in [0.15, 0.2) is 11.1 Å². The number of carbonyl (C=O) groups excluding carboxylic acids is 3. The van der Waals surface area contributed by atoms with Crippen molar-refractivity contribution in [1.82, 2.24) is 5.32 Å². The molecule has 5 saturated carbocycles. The Labute approximate surface area is 253 Å². The van der Waals surface area contributed by atoms with Gasteiger partial charge in [-0.05, 0) is 122 Å². The van der Waals surface area contributed by atoms with Crippen LogP contribution in [0, 0.1) is 45.3 Å². The molecule has 8 atom stereocenters. The quantitative estimate of drug-likeness (QED) is 0.341. The molecule has 0 heterocycles. The summed E-state index contributed by atoms with van der Waals surface area (Å²) < 4.78 is 11.7. The molecule has 0 aliphatic heterocycles. The van der Waals surface area contributed by atoms with E-state index in [9.17, 15) is 14.4 Å². The third-order valence-corrected chi connectivity index (χ3v) is 14.3. The van der Waals surface area contributed by atoms with E-state index in [-0.39, 0.29) is 63.5 Å². The van der Waals surface area contributed by atoms with Crippen LogP contribution in [-0.4, -0.2) is 35.6 Å². The maximum absolute atomic E-state index is 13.7. The normalized spacial score (nSPS) is 44.4. The van der Waals surface area contributed by atoms with Crippen molar-refractivity contribution in [2.75, 3.05) is 0 Å². The molecule has 6 aliphatic rings. The molecule has 0 saturated heterocycles. The van der Waals surface area contributed by atoms with E-state index in [4.69, 9.17) is 9.47 Å². The Morgan fingerprint density at radius 1 is 0.833 bits per heavy atom. The maximum atomic E-state index is 13.7. The van der Waals surface area contributed by atoms with Crippen molar-refractivity contribution in [3.63, 3.8) is 0 Å². The Bertz CT molecular complexity index is 1200. The number of ether oxygens (including phenoxy) is 2. The van der Waals surface area contributed by atoms with Gasteiger partial charge in [0.2, 0.25) is 0 Å². The lowest BCUT2D eigenvalue weighted by molar-refractivity contribution is -0.231. The Morgan fingerprint density at radius 2 is 1.55 bits per heavy atom. The van der Waals surface area contributed by atoms with E-state index in [0.717, 1.165) is 76.2 Å². The highest BCUT2D eigenvalue weighted by Crippen LogP contribution is 2.75. The summed E-state index contributed by atoms with van der Waals surface area (Å²) in [5, 5.41) is 3.35. The molecule has 3 unspecified atom stereocenters. The van der Waals surface area contributed by atoms with E-state index in [1.807, 2.05) is 0 Å². The Balaban J connectivity index is 1.35. The molecule has 6 aliphatic carbocycles. The molecular weight excluding hydrogens is 526 g/mol. The van der Waals surface area contributed by atoms with Crippen molar-refractivity contribution < 1.29 is 23.9 Å². The summed E-state index contributed by atoms with van der Waals surface area (Å²) in [6.45, 7) is 18.2.